The fourth-order valence-electron chi connectivity index (χ4n) is 4.33. The van der Waals surface area contributed by atoms with Crippen LogP contribution in [-0.4, -0.2) is 59.6 Å². The molecule has 9 heteroatoms. The summed E-state index contributed by atoms with van der Waals surface area (Å²) in [5.41, 5.74) is 3.47. The number of rotatable bonds is 13. The molecule has 7 nitrogen and oxygen atoms in total. The number of nitrogens with zero attached hydrogens (tertiary/aromatic N) is 1. The first-order chi connectivity index (χ1) is 17.2. The van der Waals surface area contributed by atoms with E-state index in [0.29, 0.717) is 22.1 Å². The minimum absolute atomic E-state index is 0.0326. The minimum Gasteiger partial charge on any atom is -0.481 e. The van der Waals surface area contributed by atoms with Gasteiger partial charge in [0.25, 0.3) is 5.91 Å². The van der Waals surface area contributed by atoms with Crippen molar-refractivity contribution in [3.63, 3.8) is 0 Å². The van der Waals surface area contributed by atoms with Crippen LogP contribution in [0.4, 0.5) is 0 Å². The van der Waals surface area contributed by atoms with Gasteiger partial charge in [-0.05, 0) is 68.0 Å². The summed E-state index contributed by atoms with van der Waals surface area (Å²) in [6.45, 7) is 1.98. The normalized spacial score (nSPS) is 14.5. The number of halogens is 1. The van der Waals surface area contributed by atoms with Gasteiger partial charge in [-0.15, -0.1) is 11.3 Å². The van der Waals surface area contributed by atoms with Crippen LogP contribution in [0.1, 0.15) is 64.9 Å². The standard InChI is InChI=1S/C27H33ClN2O5S/c1-30-14-12-19-7-6-18(16-20(19)13-15-30)17-23(32)22(29-27(35)24-10-11-25(28)36-24)9-8-21(31)4-2-3-5-26(33)34/h6-7,10-11,16,22H,2-5,8-9,12-15,17H2,1H3,(H,29,35)(H,33,34)/t22-/m1/s1. The zero-order valence-electron chi connectivity index (χ0n) is 20.6. The molecule has 2 heterocycles. The van der Waals surface area contributed by atoms with Gasteiger partial charge in [0.1, 0.15) is 5.78 Å². The van der Waals surface area contributed by atoms with E-state index in [4.69, 9.17) is 16.7 Å². The first kappa shape index (κ1) is 28.0. The number of thiophene rings is 1. The molecule has 0 unspecified atom stereocenters. The zero-order chi connectivity index (χ0) is 26.1. The van der Waals surface area contributed by atoms with E-state index < -0.39 is 12.0 Å². The molecule has 2 N–H and O–H groups in total. The molecule has 1 aliphatic heterocycles. The Morgan fingerprint density at radius 3 is 2.44 bits per heavy atom. The Morgan fingerprint density at radius 1 is 1.03 bits per heavy atom. The monoisotopic (exact) mass is 532 g/mol. The van der Waals surface area contributed by atoms with E-state index in [0.717, 1.165) is 42.8 Å². The lowest BCUT2D eigenvalue weighted by atomic mass is 9.94. The van der Waals surface area contributed by atoms with Crippen LogP contribution in [0.5, 0.6) is 0 Å². The number of carbonyl (C=O) groups is 4. The van der Waals surface area contributed by atoms with Crippen molar-refractivity contribution < 1.29 is 24.3 Å². The van der Waals surface area contributed by atoms with E-state index >= 15 is 0 Å². The van der Waals surface area contributed by atoms with Gasteiger partial charge in [0, 0.05) is 38.8 Å². The number of likely N-dealkylation sites (N-methyl/N-ethyl adjacent to an activating group) is 1. The van der Waals surface area contributed by atoms with Crippen molar-refractivity contribution in [3.8, 4) is 0 Å². The van der Waals surface area contributed by atoms with Gasteiger partial charge in [-0.25, -0.2) is 0 Å². The quantitative estimate of drug-likeness (QED) is 0.372. The van der Waals surface area contributed by atoms with Gasteiger partial charge >= 0.3 is 5.97 Å². The Morgan fingerprint density at radius 2 is 1.75 bits per heavy atom. The number of aliphatic carboxylic acids is 1. The number of hydrogen-bond acceptors (Lipinski definition) is 6. The third kappa shape index (κ3) is 8.84. The second-order valence-corrected chi connectivity index (χ2v) is 11.1. The number of hydrogen-bond donors (Lipinski definition) is 2. The van der Waals surface area contributed by atoms with Crippen LogP contribution in [0.2, 0.25) is 4.34 Å². The molecule has 36 heavy (non-hydrogen) atoms. The highest BCUT2D eigenvalue weighted by Crippen LogP contribution is 2.22. The van der Waals surface area contributed by atoms with E-state index in [1.807, 2.05) is 6.07 Å². The summed E-state index contributed by atoms with van der Waals surface area (Å²) in [7, 11) is 2.11. The maximum absolute atomic E-state index is 13.3. The molecule has 1 aliphatic rings. The summed E-state index contributed by atoms with van der Waals surface area (Å²) < 4.78 is 0.482. The number of Topliss-reactive ketones (excluding diaryl/α,β-unsaturated/α-hetero) is 2. The summed E-state index contributed by atoms with van der Waals surface area (Å²) >= 11 is 7.09. The van der Waals surface area contributed by atoms with Crippen molar-refractivity contribution in [3.05, 3.63) is 56.2 Å². The van der Waals surface area contributed by atoms with Crippen LogP contribution >= 0.6 is 22.9 Å². The van der Waals surface area contributed by atoms with E-state index in [1.54, 1.807) is 12.1 Å². The largest absolute Gasteiger partial charge is 0.481 e. The average molecular weight is 533 g/mol. The summed E-state index contributed by atoms with van der Waals surface area (Å²) in [6, 6.07) is 8.61. The van der Waals surface area contributed by atoms with Gasteiger partial charge < -0.3 is 15.3 Å². The molecular formula is C27H33ClN2O5S. The van der Waals surface area contributed by atoms with E-state index in [1.165, 1.54) is 11.1 Å². The molecule has 1 atom stereocenters. The summed E-state index contributed by atoms with van der Waals surface area (Å²) in [6.07, 6.45) is 3.67. The summed E-state index contributed by atoms with van der Waals surface area (Å²) in [5.74, 6) is -1.45. The number of carboxylic acids is 1. The zero-order valence-corrected chi connectivity index (χ0v) is 22.1. The smallest absolute Gasteiger partial charge is 0.303 e. The van der Waals surface area contributed by atoms with Gasteiger partial charge in [-0.1, -0.05) is 29.8 Å². The first-order valence-electron chi connectivity index (χ1n) is 12.3. The molecule has 0 saturated carbocycles. The van der Waals surface area contributed by atoms with Crippen molar-refractivity contribution in [1.82, 2.24) is 10.2 Å². The second kappa shape index (κ2) is 13.7. The van der Waals surface area contributed by atoms with E-state index in [9.17, 15) is 19.2 Å². The Hall–Kier alpha value is -2.55. The third-order valence-corrected chi connectivity index (χ3v) is 7.70. The lowest BCUT2D eigenvalue weighted by molar-refractivity contribution is -0.137. The van der Waals surface area contributed by atoms with Gasteiger partial charge in [-0.3, -0.25) is 19.2 Å². The fraction of sp³-hybridized carbons (Fsp3) is 0.481. The number of amides is 1. The molecule has 0 saturated heterocycles. The molecule has 1 aromatic carbocycles. The summed E-state index contributed by atoms with van der Waals surface area (Å²) in [4.78, 5) is 51.8. The first-order valence-corrected chi connectivity index (χ1v) is 13.5. The molecule has 0 fully saturated rings. The fourth-order valence-corrected chi connectivity index (χ4v) is 5.28. The highest BCUT2D eigenvalue weighted by Gasteiger charge is 2.24. The molecular weight excluding hydrogens is 500 g/mol. The predicted octanol–water partition coefficient (Wildman–Crippen LogP) is 4.34. The maximum Gasteiger partial charge on any atom is 0.303 e. The molecule has 0 bridgehead atoms. The Balaban J connectivity index is 1.64. The van der Waals surface area contributed by atoms with Crippen LogP contribution in [0.25, 0.3) is 0 Å². The SMILES string of the molecule is CN1CCc2ccc(CC(=O)[C@@H](CCC(=O)CCCCC(=O)O)NC(=O)c3ccc(Cl)s3)cc2CC1. The third-order valence-electron chi connectivity index (χ3n) is 6.47. The van der Waals surface area contributed by atoms with Gasteiger partial charge in [-0.2, -0.15) is 0 Å². The van der Waals surface area contributed by atoms with Gasteiger partial charge in [0.05, 0.1) is 15.3 Å². The highest BCUT2D eigenvalue weighted by atomic mass is 35.5. The van der Waals surface area contributed by atoms with Gasteiger partial charge in [0.15, 0.2) is 5.78 Å². The Bertz CT molecular complexity index is 1100. The Kier molecular flexibility index (Phi) is 10.6. The average Bonchev–Trinajstić information content (AvgIpc) is 3.19. The van der Waals surface area contributed by atoms with Crippen LogP contribution < -0.4 is 5.32 Å². The van der Waals surface area contributed by atoms with Crippen LogP contribution in [0.3, 0.4) is 0 Å². The predicted molar refractivity (Wildman–Crippen MR) is 141 cm³/mol. The van der Waals surface area contributed by atoms with Crippen LogP contribution in [0, 0.1) is 0 Å². The maximum atomic E-state index is 13.3. The van der Waals surface area contributed by atoms with Crippen molar-refractivity contribution in [2.24, 2.45) is 0 Å². The molecule has 2 aromatic rings. The summed E-state index contributed by atoms with van der Waals surface area (Å²) in [5, 5.41) is 11.5. The Labute approximate surface area is 220 Å². The number of nitrogens with one attached hydrogen (secondary N) is 1. The minimum atomic E-state index is -0.880. The molecule has 0 spiro atoms. The number of fused-ring (bicyclic) bond motifs is 1. The molecule has 3 rings (SSSR count). The van der Waals surface area contributed by atoms with Crippen molar-refractivity contribution in [2.45, 2.75) is 63.8 Å². The number of unbranched alkanes of at least 4 members (excludes halogenated alkanes) is 1. The molecule has 0 aliphatic carbocycles. The lowest BCUT2D eigenvalue weighted by Gasteiger charge is -2.18. The van der Waals surface area contributed by atoms with Crippen molar-refractivity contribution in [1.29, 1.82) is 0 Å². The molecule has 1 amide bonds. The van der Waals surface area contributed by atoms with E-state index in [-0.39, 0.29) is 49.6 Å². The number of carboxylic acid groups (broad SMARTS) is 1. The van der Waals surface area contributed by atoms with Crippen LogP contribution in [-0.2, 0) is 33.6 Å². The second-order valence-electron chi connectivity index (χ2n) is 9.36. The van der Waals surface area contributed by atoms with Crippen LogP contribution in [0.15, 0.2) is 30.3 Å². The number of benzene rings is 1. The molecule has 1 aromatic heterocycles. The topological polar surface area (TPSA) is 104 Å². The molecule has 0 radical (unpaired) electrons. The van der Waals surface area contributed by atoms with E-state index in [2.05, 4.69) is 29.4 Å². The van der Waals surface area contributed by atoms with Crippen molar-refractivity contribution in [2.75, 3.05) is 20.1 Å². The highest BCUT2D eigenvalue weighted by molar-refractivity contribution is 7.18. The number of ketones is 2. The molecule has 194 valence electrons. The lowest BCUT2D eigenvalue weighted by Crippen LogP contribution is -2.41. The number of carbonyl (C=O) groups excluding carboxylic acids is 3. The van der Waals surface area contributed by atoms with Gasteiger partial charge in [0.2, 0.25) is 0 Å². The van der Waals surface area contributed by atoms with Crippen molar-refractivity contribution >= 4 is 46.4 Å².